The van der Waals surface area contributed by atoms with Gasteiger partial charge in [0.25, 0.3) is 0 Å². The van der Waals surface area contributed by atoms with Crippen LogP contribution in [0.4, 0.5) is 0 Å². The van der Waals surface area contributed by atoms with Crippen LogP contribution >= 0.6 is 0 Å². The maximum Gasteiger partial charge on any atom is 0.228 e. The number of hydrogen-bond acceptors (Lipinski definition) is 7. The molecular weight excluding hydrogens is 306 g/mol. The number of unbranched alkanes of at least 4 members (excludes halogenated alkanes) is 3. The zero-order valence-corrected chi connectivity index (χ0v) is 13.5. The minimum Gasteiger partial charge on any atom is -0.395 e. The molecule has 8 nitrogen and oxygen atoms in total. The Bertz CT molecular complexity index is 353. The van der Waals surface area contributed by atoms with Crippen LogP contribution in [0, 0.1) is 5.92 Å². The van der Waals surface area contributed by atoms with Gasteiger partial charge in [0.1, 0.15) is 30.5 Å². The van der Waals surface area contributed by atoms with Crippen molar-refractivity contribution in [2.24, 2.45) is 5.92 Å². The van der Waals surface area contributed by atoms with Gasteiger partial charge in [-0.05, 0) is 6.42 Å². The lowest BCUT2D eigenvalue weighted by atomic mass is 9.87. The van der Waals surface area contributed by atoms with Crippen LogP contribution in [0.5, 0.6) is 0 Å². The van der Waals surface area contributed by atoms with E-state index in [-0.39, 0.29) is 0 Å². The molecule has 1 aliphatic rings. The molecule has 0 bridgehead atoms. The van der Waals surface area contributed by atoms with Crippen molar-refractivity contribution in [3.63, 3.8) is 0 Å². The van der Waals surface area contributed by atoms with Gasteiger partial charge in [-0.25, -0.2) is 0 Å². The molecule has 1 saturated heterocycles. The number of carbonyl (C=O) groups excluding carboxylic acids is 1. The normalized spacial score (nSPS) is 32.5. The maximum absolute atomic E-state index is 12.2. The van der Waals surface area contributed by atoms with Gasteiger partial charge >= 0.3 is 0 Å². The molecule has 0 aromatic carbocycles. The van der Waals surface area contributed by atoms with Crippen LogP contribution in [-0.4, -0.2) is 81.7 Å². The summed E-state index contributed by atoms with van der Waals surface area (Å²) < 4.78 is 5.32. The first kappa shape index (κ1) is 20.3. The Hall–Kier alpha value is -0.770. The molecule has 23 heavy (non-hydrogen) atoms. The summed E-state index contributed by atoms with van der Waals surface area (Å²) in [4.78, 5) is 12.2. The summed E-state index contributed by atoms with van der Waals surface area (Å²) in [6.07, 6.45) is -2.91. The third-order valence-electron chi connectivity index (χ3n) is 4.19. The van der Waals surface area contributed by atoms with Crippen molar-refractivity contribution in [1.82, 2.24) is 5.32 Å². The Labute approximate surface area is 136 Å². The molecule has 1 amide bonds. The first-order valence-electron chi connectivity index (χ1n) is 8.17. The van der Waals surface area contributed by atoms with Gasteiger partial charge in [0.15, 0.2) is 0 Å². The summed E-state index contributed by atoms with van der Waals surface area (Å²) in [6, 6.07) is 0. The summed E-state index contributed by atoms with van der Waals surface area (Å²) in [6.45, 7) is 1.38. The molecule has 0 aliphatic carbocycles. The number of carbonyl (C=O) groups is 1. The monoisotopic (exact) mass is 335 g/mol. The molecule has 0 aromatic heterocycles. The fourth-order valence-electron chi connectivity index (χ4n) is 2.69. The van der Waals surface area contributed by atoms with Gasteiger partial charge in [-0.1, -0.05) is 26.2 Å². The van der Waals surface area contributed by atoms with Gasteiger partial charge in [0.2, 0.25) is 5.91 Å². The molecule has 1 heterocycles. The van der Waals surface area contributed by atoms with Crippen molar-refractivity contribution in [1.29, 1.82) is 0 Å². The topological polar surface area (TPSA) is 139 Å². The molecule has 136 valence electrons. The van der Waals surface area contributed by atoms with Gasteiger partial charge in [-0.15, -0.1) is 0 Å². The van der Waals surface area contributed by atoms with Crippen LogP contribution < -0.4 is 5.32 Å². The summed E-state index contributed by atoms with van der Waals surface area (Å²) in [5.41, 5.74) is 0. The first-order chi connectivity index (χ1) is 11.0. The lowest BCUT2D eigenvalue weighted by Gasteiger charge is -2.42. The van der Waals surface area contributed by atoms with Crippen LogP contribution in [0.15, 0.2) is 0 Å². The van der Waals surface area contributed by atoms with Crippen molar-refractivity contribution in [2.75, 3.05) is 19.8 Å². The molecule has 6 atom stereocenters. The molecule has 8 heteroatoms. The molecule has 0 spiro atoms. The Balaban J connectivity index is 2.62. The molecule has 0 radical (unpaired) electrons. The SMILES string of the molecule is CCCCCCNC(=O)C(CO)C1O[C@H](CO)[C@H](O)[C@H](O)[C@H]1O. The van der Waals surface area contributed by atoms with E-state index in [1.165, 1.54) is 0 Å². The average molecular weight is 335 g/mol. The largest absolute Gasteiger partial charge is 0.395 e. The fraction of sp³-hybridized carbons (Fsp3) is 0.933. The molecule has 1 aliphatic heterocycles. The van der Waals surface area contributed by atoms with Crippen LogP contribution in [-0.2, 0) is 9.53 Å². The minimum atomic E-state index is -1.56. The van der Waals surface area contributed by atoms with E-state index in [0.717, 1.165) is 25.7 Å². The summed E-state index contributed by atoms with van der Waals surface area (Å²) in [5.74, 6) is -1.58. The van der Waals surface area contributed by atoms with Crippen molar-refractivity contribution in [2.45, 2.75) is 63.1 Å². The summed E-state index contributed by atoms with van der Waals surface area (Å²) in [7, 11) is 0. The summed E-state index contributed by atoms with van der Waals surface area (Å²) in [5, 5.41) is 50.8. The van der Waals surface area contributed by atoms with E-state index in [1.807, 2.05) is 0 Å². The molecule has 1 fully saturated rings. The van der Waals surface area contributed by atoms with Crippen molar-refractivity contribution in [3.8, 4) is 0 Å². The van der Waals surface area contributed by atoms with Crippen LogP contribution in [0.1, 0.15) is 32.6 Å². The van der Waals surface area contributed by atoms with Gasteiger partial charge in [0.05, 0.1) is 19.1 Å². The molecule has 0 saturated carbocycles. The quantitative estimate of drug-likeness (QED) is 0.271. The molecule has 2 unspecified atom stereocenters. The highest BCUT2D eigenvalue weighted by Gasteiger charge is 2.47. The third kappa shape index (κ3) is 5.37. The second kappa shape index (κ2) is 10.2. The van der Waals surface area contributed by atoms with E-state index in [1.54, 1.807) is 0 Å². The molecular formula is C15H29NO7. The number of rotatable bonds is 9. The summed E-state index contributed by atoms with van der Waals surface area (Å²) >= 11 is 0. The zero-order valence-electron chi connectivity index (χ0n) is 13.5. The average Bonchev–Trinajstić information content (AvgIpc) is 2.55. The number of aliphatic hydroxyl groups is 5. The lowest BCUT2D eigenvalue weighted by molar-refractivity contribution is -0.242. The van der Waals surface area contributed by atoms with Crippen LogP contribution in [0.25, 0.3) is 0 Å². The zero-order chi connectivity index (χ0) is 17.4. The van der Waals surface area contributed by atoms with Gasteiger partial charge in [-0.3, -0.25) is 4.79 Å². The maximum atomic E-state index is 12.2. The predicted octanol–water partition coefficient (Wildman–Crippen LogP) is -1.87. The Morgan fingerprint density at radius 1 is 1.09 bits per heavy atom. The van der Waals surface area contributed by atoms with E-state index in [0.29, 0.717) is 6.54 Å². The van der Waals surface area contributed by atoms with Gasteiger partial charge in [-0.2, -0.15) is 0 Å². The lowest BCUT2D eigenvalue weighted by Crippen LogP contribution is -2.62. The highest BCUT2D eigenvalue weighted by molar-refractivity contribution is 5.79. The second-order valence-corrected chi connectivity index (χ2v) is 5.93. The number of amides is 1. The first-order valence-corrected chi connectivity index (χ1v) is 8.17. The minimum absolute atomic E-state index is 0.451. The standard InChI is InChI=1S/C15H29NO7/c1-2-3-4-5-6-16-15(22)9(7-17)14-13(21)12(20)11(19)10(8-18)23-14/h9-14,17-21H,2-8H2,1H3,(H,16,22)/t9?,10-,11+,12+,13-,14?/m1/s1. The van der Waals surface area contributed by atoms with Gasteiger partial charge in [0, 0.05) is 6.54 Å². The second-order valence-electron chi connectivity index (χ2n) is 5.93. The Kier molecular flexibility index (Phi) is 8.96. The number of nitrogens with one attached hydrogen (secondary N) is 1. The van der Waals surface area contributed by atoms with Crippen LogP contribution in [0.3, 0.4) is 0 Å². The number of ether oxygens (including phenoxy) is 1. The Morgan fingerprint density at radius 3 is 2.35 bits per heavy atom. The van der Waals surface area contributed by atoms with Crippen molar-refractivity contribution >= 4 is 5.91 Å². The van der Waals surface area contributed by atoms with E-state index in [4.69, 9.17) is 9.84 Å². The third-order valence-corrected chi connectivity index (χ3v) is 4.19. The highest BCUT2D eigenvalue weighted by Crippen LogP contribution is 2.26. The number of aliphatic hydroxyl groups excluding tert-OH is 5. The van der Waals surface area contributed by atoms with E-state index in [9.17, 15) is 25.2 Å². The number of hydrogen-bond donors (Lipinski definition) is 6. The van der Waals surface area contributed by atoms with Crippen LogP contribution in [0.2, 0.25) is 0 Å². The van der Waals surface area contributed by atoms with Crippen molar-refractivity contribution < 1.29 is 35.1 Å². The van der Waals surface area contributed by atoms with E-state index < -0.39 is 55.6 Å². The molecule has 0 aromatic rings. The molecule has 6 N–H and O–H groups in total. The molecule has 1 rings (SSSR count). The Morgan fingerprint density at radius 2 is 1.78 bits per heavy atom. The van der Waals surface area contributed by atoms with E-state index >= 15 is 0 Å². The van der Waals surface area contributed by atoms with E-state index in [2.05, 4.69) is 12.2 Å². The predicted molar refractivity (Wildman–Crippen MR) is 81.5 cm³/mol. The van der Waals surface area contributed by atoms with Gasteiger partial charge < -0.3 is 35.6 Å². The fourth-order valence-corrected chi connectivity index (χ4v) is 2.69. The smallest absolute Gasteiger partial charge is 0.228 e. The van der Waals surface area contributed by atoms with Crippen molar-refractivity contribution in [3.05, 3.63) is 0 Å². The highest BCUT2D eigenvalue weighted by atomic mass is 16.5.